The van der Waals surface area contributed by atoms with Crippen LogP contribution in [0.25, 0.3) is 10.9 Å². The standard InChI is InChI=1S/C22H22N4O3/c1-28-16-8-6-14(7-9-16)11-25-21(27)20-13-29-22(26-20)18(23)10-15-12-24-19-5-3-2-4-17(15)19/h2-9,12-13,18,24H,10-11,23H2,1H3,(H,25,27). The molecule has 0 saturated heterocycles. The zero-order chi connectivity index (χ0) is 20.2. The molecule has 0 bridgehead atoms. The van der Waals surface area contributed by atoms with Crippen molar-refractivity contribution in [2.45, 2.75) is 19.0 Å². The Kier molecular flexibility index (Phi) is 5.31. The predicted molar refractivity (Wildman–Crippen MR) is 110 cm³/mol. The van der Waals surface area contributed by atoms with Gasteiger partial charge in [-0.15, -0.1) is 0 Å². The number of aromatic amines is 1. The topological polar surface area (TPSA) is 106 Å². The summed E-state index contributed by atoms with van der Waals surface area (Å²) >= 11 is 0. The number of methoxy groups -OCH3 is 1. The minimum Gasteiger partial charge on any atom is -0.497 e. The lowest BCUT2D eigenvalue weighted by Crippen LogP contribution is -2.23. The molecule has 4 N–H and O–H groups in total. The number of hydrogen-bond donors (Lipinski definition) is 3. The van der Waals surface area contributed by atoms with Crippen LogP contribution in [0.1, 0.15) is 33.5 Å². The number of para-hydroxylation sites is 1. The lowest BCUT2D eigenvalue weighted by molar-refractivity contribution is 0.0946. The number of nitrogens with zero attached hydrogens (tertiary/aromatic N) is 1. The van der Waals surface area contributed by atoms with Gasteiger partial charge in [-0.1, -0.05) is 30.3 Å². The first kappa shape index (κ1) is 18.8. The molecule has 0 spiro atoms. The molecule has 1 amide bonds. The SMILES string of the molecule is COc1ccc(CNC(=O)c2coc(C(N)Cc3c[nH]c4ccccc34)n2)cc1. The molecule has 7 nitrogen and oxygen atoms in total. The number of nitrogens with one attached hydrogen (secondary N) is 2. The number of amides is 1. The molecule has 0 aliphatic rings. The Morgan fingerprint density at radius 3 is 2.83 bits per heavy atom. The normalized spacial score (nSPS) is 12.1. The summed E-state index contributed by atoms with van der Waals surface area (Å²) in [7, 11) is 1.61. The fourth-order valence-electron chi connectivity index (χ4n) is 3.20. The van der Waals surface area contributed by atoms with Gasteiger partial charge in [-0.05, 0) is 35.7 Å². The Hall–Kier alpha value is -3.58. The average Bonchev–Trinajstić information content (AvgIpc) is 3.40. The molecule has 2 aromatic heterocycles. The molecular weight excluding hydrogens is 368 g/mol. The van der Waals surface area contributed by atoms with Crippen LogP contribution < -0.4 is 15.8 Å². The second-order valence-corrected chi connectivity index (χ2v) is 6.77. The van der Waals surface area contributed by atoms with E-state index in [4.69, 9.17) is 14.9 Å². The summed E-state index contributed by atoms with van der Waals surface area (Å²) in [5.41, 5.74) is 9.57. The lowest BCUT2D eigenvalue weighted by Gasteiger charge is -2.06. The van der Waals surface area contributed by atoms with E-state index < -0.39 is 6.04 Å². The molecule has 148 valence electrons. The van der Waals surface area contributed by atoms with Gasteiger partial charge in [-0.25, -0.2) is 4.98 Å². The van der Waals surface area contributed by atoms with Gasteiger partial charge < -0.3 is 25.2 Å². The molecule has 2 aromatic carbocycles. The van der Waals surface area contributed by atoms with Crippen molar-refractivity contribution in [1.29, 1.82) is 0 Å². The average molecular weight is 390 g/mol. The second kappa shape index (κ2) is 8.20. The predicted octanol–water partition coefficient (Wildman–Crippen LogP) is 3.34. The summed E-state index contributed by atoms with van der Waals surface area (Å²) in [6.07, 6.45) is 3.83. The summed E-state index contributed by atoms with van der Waals surface area (Å²) in [5, 5.41) is 3.94. The smallest absolute Gasteiger partial charge is 0.273 e. The summed E-state index contributed by atoms with van der Waals surface area (Å²) in [6.45, 7) is 0.381. The number of H-pyrrole nitrogens is 1. The number of benzene rings is 2. The van der Waals surface area contributed by atoms with Gasteiger partial charge in [-0.3, -0.25) is 4.79 Å². The van der Waals surface area contributed by atoms with Crippen LogP contribution in [0.15, 0.2) is 65.4 Å². The van der Waals surface area contributed by atoms with Crippen molar-refractivity contribution < 1.29 is 13.9 Å². The molecule has 0 saturated carbocycles. The molecule has 0 aliphatic carbocycles. The van der Waals surface area contributed by atoms with Crippen molar-refractivity contribution in [2.24, 2.45) is 5.73 Å². The van der Waals surface area contributed by atoms with Crippen molar-refractivity contribution in [3.05, 3.63) is 83.7 Å². The first-order valence-corrected chi connectivity index (χ1v) is 9.31. The van der Waals surface area contributed by atoms with Crippen LogP contribution in [-0.4, -0.2) is 23.0 Å². The zero-order valence-electron chi connectivity index (χ0n) is 16.0. The van der Waals surface area contributed by atoms with E-state index in [-0.39, 0.29) is 11.6 Å². The minimum absolute atomic E-state index is 0.211. The highest BCUT2D eigenvalue weighted by Crippen LogP contribution is 2.23. The summed E-state index contributed by atoms with van der Waals surface area (Å²) < 4.78 is 10.6. The van der Waals surface area contributed by atoms with E-state index in [1.54, 1.807) is 7.11 Å². The maximum absolute atomic E-state index is 12.4. The molecule has 4 rings (SSSR count). The molecule has 0 aliphatic heterocycles. The highest BCUT2D eigenvalue weighted by Gasteiger charge is 2.18. The van der Waals surface area contributed by atoms with E-state index in [2.05, 4.69) is 15.3 Å². The van der Waals surface area contributed by atoms with Gasteiger partial charge in [0.25, 0.3) is 5.91 Å². The van der Waals surface area contributed by atoms with Gasteiger partial charge >= 0.3 is 0 Å². The molecule has 7 heteroatoms. The number of carbonyl (C=O) groups is 1. The summed E-state index contributed by atoms with van der Waals surface area (Å²) in [6, 6.07) is 15.1. The van der Waals surface area contributed by atoms with Crippen LogP contribution in [0.5, 0.6) is 5.75 Å². The van der Waals surface area contributed by atoms with E-state index >= 15 is 0 Å². The molecule has 4 aromatic rings. The Morgan fingerprint density at radius 2 is 2.03 bits per heavy atom. The van der Waals surface area contributed by atoms with Crippen molar-refractivity contribution >= 4 is 16.8 Å². The summed E-state index contributed by atoms with van der Waals surface area (Å²) in [4.78, 5) is 19.9. The van der Waals surface area contributed by atoms with Gasteiger partial charge in [0.1, 0.15) is 12.0 Å². The monoisotopic (exact) mass is 390 g/mol. The molecule has 2 heterocycles. The van der Waals surface area contributed by atoms with Gasteiger partial charge in [0.15, 0.2) is 5.69 Å². The number of hydrogen-bond acceptors (Lipinski definition) is 5. The van der Waals surface area contributed by atoms with E-state index in [0.717, 1.165) is 27.8 Å². The highest BCUT2D eigenvalue weighted by molar-refractivity contribution is 5.91. The Morgan fingerprint density at radius 1 is 1.24 bits per heavy atom. The minimum atomic E-state index is -0.447. The third-order valence-corrected chi connectivity index (χ3v) is 4.80. The fourth-order valence-corrected chi connectivity index (χ4v) is 3.20. The maximum atomic E-state index is 12.4. The maximum Gasteiger partial charge on any atom is 0.273 e. The number of rotatable bonds is 7. The highest BCUT2D eigenvalue weighted by atomic mass is 16.5. The third kappa shape index (κ3) is 4.14. The quantitative estimate of drug-likeness (QED) is 0.449. The Balaban J connectivity index is 1.38. The van der Waals surface area contributed by atoms with Gasteiger partial charge in [0, 0.05) is 23.6 Å². The third-order valence-electron chi connectivity index (χ3n) is 4.80. The number of aromatic nitrogens is 2. The van der Waals surface area contributed by atoms with Crippen molar-refractivity contribution in [1.82, 2.24) is 15.3 Å². The van der Waals surface area contributed by atoms with E-state index in [1.807, 2.05) is 54.7 Å². The Bertz CT molecular complexity index is 1110. The number of ether oxygens (including phenoxy) is 1. The van der Waals surface area contributed by atoms with E-state index in [0.29, 0.717) is 18.9 Å². The lowest BCUT2D eigenvalue weighted by atomic mass is 10.1. The van der Waals surface area contributed by atoms with Gasteiger partial charge in [-0.2, -0.15) is 0 Å². The second-order valence-electron chi connectivity index (χ2n) is 6.77. The van der Waals surface area contributed by atoms with Crippen molar-refractivity contribution in [2.75, 3.05) is 7.11 Å². The van der Waals surface area contributed by atoms with Crippen LogP contribution in [0.4, 0.5) is 0 Å². The first-order chi connectivity index (χ1) is 14.1. The van der Waals surface area contributed by atoms with Crippen LogP contribution in [0.2, 0.25) is 0 Å². The first-order valence-electron chi connectivity index (χ1n) is 9.31. The molecule has 1 unspecified atom stereocenters. The van der Waals surface area contributed by atoms with Crippen LogP contribution in [0.3, 0.4) is 0 Å². The van der Waals surface area contributed by atoms with Crippen molar-refractivity contribution in [3.63, 3.8) is 0 Å². The van der Waals surface area contributed by atoms with E-state index in [1.165, 1.54) is 6.26 Å². The van der Waals surface area contributed by atoms with Crippen LogP contribution in [-0.2, 0) is 13.0 Å². The van der Waals surface area contributed by atoms with Crippen LogP contribution in [0, 0.1) is 0 Å². The van der Waals surface area contributed by atoms with Gasteiger partial charge in [0.2, 0.25) is 5.89 Å². The zero-order valence-corrected chi connectivity index (χ0v) is 16.0. The number of oxazole rings is 1. The number of carbonyl (C=O) groups excluding carboxylic acids is 1. The van der Waals surface area contributed by atoms with E-state index in [9.17, 15) is 4.79 Å². The molecule has 1 atom stereocenters. The van der Waals surface area contributed by atoms with Crippen molar-refractivity contribution in [3.8, 4) is 5.75 Å². The molecule has 0 radical (unpaired) electrons. The van der Waals surface area contributed by atoms with Gasteiger partial charge in [0.05, 0.1) is 13.2 Å². The Labute approximate surface area is 167 Å². The molecule has 0 fully saturated rings. The largest absolute Gasteiger partial charge is 0.497 e. The fraction of sp³-hybridized carbons (Fsp3) is 0.182. The molecule has 29 heavy (non-hydrogen) atoms. The number of fused-ring (bicyclic) bond motifs is 1. The number of nitrogens with two attached hydrogens (primary N) is 1. The molecular formula is C22H22N4O3. The van der Waals surface area contributed by atoms with Crippen LogP contribution >= 0.6 is 0 Å². The summed E-state index contributed by atoms with van der Waals surface area (Å²) in [5.74, 6) is 0.797.